The van der Waals surface area contributed by atoms with E-state index in [1.165, 1.54) is 17.7 Å². The summed E-state index contributed by atoms with van der Waals surface area (Å²) in [6.07, 6.45) is 3.33. The maximum Gasteiger partial charge on any atom is 0.254 e. The minimum atomic E-state index is 0.0654. The number of likely N-dealkylation sites (tertiary alicyclic amines) is 1. The highest BCUT2D eigenvalue weighted by molar-refractivity contribution is 5.95. The Hall–Kier alpha value is -2.83. The van der Waals surface area contributed by atoms with Crippen LogP contribution in [0.4, 0.5) is 5.82 Å². The molecule has 1 aliphatic carbocycles. The molecule has 2 saturated heterocycles. The molecule has 30 heavy (non-hydrogen) atoms. The van der Waals surface area contributed by atoms with Gasteiger partial charge in [-0.25, -0.2) is 9.97 Å². The number of ether oxygens (including phenoxy) is 2. The summed E-state index contributed by atoms with van der Waals surface area (Å²) in [5.41, 5.74) is 3.23. The summed E-state index contributed by atoms with van der Waals surface area (Å²) in [6, 6.07) is 5.38. The smallest absolute Gasteiger partial charge is 0.254 e. The highest BCUT2D eigenvalue weighted by atomic mass is 16.5. The van der Waals surface area contributed by atoms with Gasteiger partial charge in [-0.2, -0.15) is 0 Å². The number of hydrogen-bond acceptors (Lipinski definition) is 6. The van der Waals surface area contributed by atoms with Gasteiger partial charge in [0, 0.05) is 54.8 Å². The zero-order valence-electron chi connectivity index (χ0n) is 17.9. The van der Waals surface area contributed by atoms with Crippen molar-refractivity contribution in [3.8, 4) is 11.5 Å². The van der Waals surface area contributed by atoms with E-state index in [0.29, 0.717) is 28.9 Å². The lowest BCUT2D eigenvalue weighted by molar-refractivity contribution is 0.0782. The van der Waals surface area contributed by atoms with E-state index in [1.54, 1.807) is 26.4 Å². The van der Waals surface area contributed by atoms with Crippen molar-refractivity contribution in [1.29, 1.82) is 0 Å². The molecule has 2 atom stereocenters. The molecule has 7 heteroatoms. The zero-order chi connectivity index (χ0) is 20.8. The van der Waals surface area contributed by atoms with E-state index in [2.05, 4.69) is 9.88 Å². The summed E-state index contributed by atoms with van der Waals surface area (Å²) in [5.74, 6) is 4.27. The first-order valence-corrected chi connectivity index (χ1v) is 10.7. The van der Waals surface area contributed by atoms with Crippen LogP contribution in [0.3, 0.4) is 0 Å². The van der Waals surface area contributed by atoms with Crippen molar-refractivity contribution < 1.29 is 14.3 Å². The number of methoxy groups -OCH3 is 2. The molecule has 1 aromatic carbocycles. The van der Waals surface area contributed by atoms with Crippen molar-refractivity contribution in [3.05, 3.63) is 40.8 Å². The van der Waals surface area contributed by atoms with Gasteiger partial charge in [0.2, 0.25) is 0 Å². The lowest BCUT2D eigenvalue weighted by atomic mass is 10.0. The molecular weight excluding hydrogens is 380 g/mol. The molecule has 0 radical (unpaired) electrons. The van der Waals surface area contributed by atoms with Crippen molar-refractivity contribution in [3.63, 3.8) is 0 Å². The molecule has 2 aliphatic heterocycles. The number of hydrogen-bond donors (Lipinski definition) is 0. The molecule has 5 rings (SSSR count). The number of amides is 1. The second kappa shape index (κ2) is 7.45. The van der Waals surface area contributed by atoms with Crippen LogP contribution in [0.25, 0.3) is 0 Å². The van der Waals surface area contributed by atoms with Gasteiger partial charge in [0.25, 0.3) is 5.91 Å². The number of benzene rings is 1. The Bertz CT molecular complexity index is 979. The average Bonchev–Trinajstić information content (AvgIpc) is 3.46. The Balaban J connectivity index is 1.29. The number of carbonyl (C=O) groups excluding carboxylic acids is 1. The highest BCUT2D eigenvalue weighted by Crippen LogP contribution is 2.38. The lowest BCUT2D eigenvalue weighted by Crippen LogP contribution is -2.34. The Morgan fingerprint density at radius 2 is 1.73 bits per heavy atom. The molecule has 1 aromatic heterocycles. The molecule has 0 bridgehead atoms. The summed E-state index contributed by atoms with van der Waals surface area (Å²) in [6.45, 7) is 5.50. The number of anilines is 1. The zero-order valence-corrected chi connectivity index (χ0v) is 17.9. The van der Waals surface area contributed by atoms with Gasteiger partial charge >= 0.3 is 0 Å². The van der Waals surface area contributed by atoms with Crippen LogP contribution in [0.1, 0.15) is 33.9 Å². The predicted octanol–water partition coefficient (Wildman–Crippen LogP) is 2.50. The van der Waals surface area contributed by atoms with Gasteiger partial charge in [0.1, 0.15) is 11.6 Å². The molecular formula is C23H28N4O3. The van der Waals surface area contributed by atoms with Crippen LogP contribution in [-0.4, -0.2) is 61.2 Å². The highest BCUT2D eigenvalue weighted by Gasteiger charge is 2.43. The van der Waals surface area contributed by atoms with Crippen LogP contribution in [0.2, 0.25) is 0 Å². The number of aromatic nitrogens is 2. The molecule has 1 amide bonds. The molecule has 158 valence electrons. The second-order valence-corrected chi connectivity index (χ2v) is 8.58. The summed E-state index contributed by atoms with van der Waals surface area (Å²) >= 11 is 0. The van der Waals surface area contributed by atoms with Gasteiger partial charge in [0.15, 0.2) is 11.5 Å². The summed E-state index contributed by atoms with van der Waals surface area (Å²) < 4.78 is 10.6. The first-order valence-electron chi connectivity index (χ1n) is 10.7. The van der Waals surface area contributed by atoms with Gasteiger partial charge in [-0.1, -0.05) is 0 Å². The molecule has 3 heterocycles. The third-order valence-corrected chi connectivity index (χ3v) is 6.73. The largest absolute Gasteiger partial charge is 0.493 e. The van der Waals surface area contributed by atoms with E-state index < -0.39 is 0 Å². The van der Waals surface area contributed by atoms with Crippen LogP contribution in [-0.2, 0) is 12.8 Å². The molecule has 2 fully saturated rings. The lowest BCUT2D eigenvalue weighted by Gasteiger charge is -2.24. The number of carbonyl (C=O) groups is 1. The number of rotatable bonds is 4. The fraction of sp³-hybridized carbons (Fsp3) is 0.522. The summed E-state index contributed by atoms with van der Waals surface area (Å²) in [7, 11) is 3.19. The standard InChI is InChI=1S/C23H28N4O3/c1-14-24-19-6-4-5-18(19)22(25-14)26-10-16-12-27(13-17(16)11-26)23(28)15-7-8-20(29-2)21(9-15)30-3/h7-9,16-17H,4-6,10-13H2,1-3H3. The van der Waals surface area contributed by atoms with Crippen LogP contribution >= 0.6 is 0 Å². The van der Waals surface area contributed by atoms with Crippen molar-refractivity contribution in [1.82, 2.24) is 14.9 Å². The van der Waals surface area contributed by atoms with E-state index in [-0.39, 0.29) is 5.91 Å². The molecule has 0 spiro atoms. The summed E-state index contributed by atoms with van der Waals surface area (Å²) in [4.78, 5) is 27.0. The fourth-order valence-electron chi connectivity index (χ4n) is 5.28. The Morgan fingerprint density at radius 1 is 1.00 bits per heavy atom. The van der Waals surface area contributed by atoms with E-state index in [1.807, 2.05) is 17.9 Å². The van der Waals surface area contributed by atoms with Crippen molar-refractivity contribution in [2.45, 2.75) is 26.2 Å². The van der Waals surface area contributed by atoms with Gasteiger partial charge in [-0.3, -0.25) is 4.79 Å². The molecule has 3 aliphatic rings. The maximum absolute atomic E-state index is 13.1. The second-order valence-electron chi connectivity index (χ2n) is 8.58. The van der Waals surface area contributed by atoms with E-state index >= 15 is 0 Å². The van der Waals surface area contributed by atoms with Gasteiger partial charge in [0.05, 0.1) is 14.2 Å². The van der Waals surface area contributed by atoms with Crippen molar-refractivity contribution in [2.75, 3.05) is 45.3 Å². The van der Waals surface area contributed by atoms with Crippen LogP contribution in [0.15, 0.2) is 18.2 Å². The van der Waals surface area contributed by atoms with Gasteiger partial charge in [-0.05, 0) is 44.4 Å². The maximum atomic E-state index is 13.1. The predicted molar refractivity (Wildman–Crippen MR) is 113 cm³/mol. The number of nitrogens with zero attached hydrogens (tertiary/aromatic N) is 4. The van der Waals surface area contributed by atoms with E-state index in [0.717, 1.165) is 50.7 Å². The quantitative estimate of drug-likeness (QED) is 0.774. The van der Waals surface area contributed by atoms with Crippen LogP contribution in [0, 0.1) is 18.8 Å². The third-order valence-electron chi connectivity index (χ3n) is 6.73. The van der Waals surface area contributed by atoms with Gasteiger partial charge in [-0.15, -0.1) is 0 Å². The van der Waals surface area contributed by atoms with Crippen LogP contribution in [0.5, 0.6) is 11.5 Å². The SMILES string of the molecule is COc1ccc(C(=O)N2CC3CN(c4nc(C)nc5c4CCC5)CC3C2)cc1OC. The minimum Gasteiger partial charge on any atom is -0.493 e. The Labute approximate surface area is 177 Å². The fourth-order valence-corrected chi connectivity index (χ4v) is 5.28. The monoisotopic (exact) mass is 408 g/mol. The van der Waals surface area contributed by atoms with Crippen LogP contribution < -0.4 is 14.4 Å². The Kier molecular flexibility index (Phi) is 4.76. The Morgan fingerprint density at radius 3 is 2.43 bits per heavy atom. The van der Waals surface area contributed by atoms with Crippen molar-refractivity contribution in [2.24, 2.45) is 11.8 Å². The first kappa shape index (κ1) is 19.2. The molecule has 2 unspecified atom stereocenters. The molecule has 0 N–H and O–H groups in total. The molecule has 2 aromatic rings. The molecule has 7 nitrogen and oxygen atoms in total. The van der Waals surface area contributed by atoms with Crippen molar-refractivity contribution >= 4 is 11.7 Å². The van der Waals surface area contributed by atoms with Gasteiger partial charge < -0.3 is 19.3 Å². The van der Waals surface area contributed by atoms with E-state index in [9.17, 15) is 4.79 Å². The first-order chi connectivity index (χ1) is 14.6. The minimum absolute atomic E-state index is 0.0654. The number of aryl methyl sites for hydroxylation is 2. The number of fused-ring (bicyclic) bond motifs is 2. The van der Waals surface area contributed by atoms with E-state index in [4.69, 9.17) is 14.5 Å². The molecule has 0 saturated carbocycles. The normalized spacial score (nSPS) is 22.2. The summed E-state index contributed by atoms with van der Waals surface area (Å²) in [5, 5.41) is 0. The third kappa shape index (κ3) is 3.16. The average molecular weight is 409 g/mol. The topological polar surface area (TPSA) is 67.8 Å².